The predicted molar refractivity (Wildman–Crippen MR) is 99.0 cm³/mol. The van der Waals surface area contributed by atoms with Crippen LogP contribution in [0.25, 0.3) is 0 Å². The summed E-state index contributed by atoms with van der Waals surface area (Å²) in [5, 5.41) is 9.62. The average Bonchev–Trinajstić information content (AvgIpc) is 2.37. The molecule has 0 aliphatic carbocycles. The number of nitrogens with zero attached hydrogens (tertiary/aromatic N) is 1. The van der Waals surface area contributed by atoms with Crippen LogP contribution in [-0.4, -0.2) is 25.6 Å². The van der Waals surface area contributed by atoms with Crippen molar-refractivity contribution in [3.63, 3.8) is 0 Å². The maximum atomic E-state index is 11.6. The van der Waals surface area contributed by atoms with E-state index in [2.05, 4.69) is 40.4 Å². The lowest BCUT2D eigenvalue weighted by atomic mass is 10.2. The Kier molecular flexibility index (Phi) is 6.05. The van der Waals surface area contributed by atoms with Gasteiger partial charge in [-0.3, -0.25) is 4.90 Å². The van der Waals surface area contributed by atoms with Gasteiger partial charge in [-0.15, -0.1) is 6.58 Å². The fourth-order valence-electron chi connectivity index (χ4n) is 2.04. The van der Waals surface area contributed by atoms with E-state index in [0.29, 0.717) is 12.1 Å². The van der Waals surface area contributed by atoms with Crippen molar-refractivity contribution in [2.45, 2.75) is 58.3 Å². The number of carboxylic acid groups (broad SMARTS) is 1. The molecule has 0 unspecified atom stereocenters. The third-order valence-electron chi connectivity index (χ3n) is 4.43. The second kappa shape index (κ2) is 7.21. The molecular formula is C18H29NO3Si. The highest BCUT2D eigenvalue weighted by molar-refractivity contribution is 6.74. The van der Waals surface area contributed by atoms with Gasteiger partial charge in [0.2, 0.25) is 8.32 Å². The molecule has 0 fully saturated rings. The summed E-state index contributed by atoms with van der Waals surface area (Å²) in [5.41, 5.74) is 0.628. The first-order chi connectivity index (χ1) is 10.5. The van der Waals surface area contributed by atoms with Gasteiger partial charge >= 0.3 is 6.09 Å². The molecule has 0 heterocycles. The molecule has 0 spiro atoms. The quantitative estimate of drug-likeness (QED) is 0.550. The van der Waals surface area contributed by atoms with Crippen molar-refractivity contribution in [1.82, 2.24) is 0 Å². The number of rotatable bonds is 6. The maximum absolute atomic E-state index is 11.6. The highest BCUT2D eigenvalue weighted by Crippen LogP contribution is 2.38. The van der Waals surface area contributed by atoms with E-state index in [1.54, 1.807) is 12.1 Å². The number of benzene rings is 1. The summed E-state index contributed by atoms with van der Waals surface area (Å²) >= 11 is 0. The molecule has 1 amide bonds. The third kappa shape index (κ3) is 4.86. The van der Waals surface area contributed by atoms with Crippen LogP contribution in [0.3, 0.4) is 0 Å². The topological polar surface area (TPSA) is 49.8 Å². The molecule has 1 atom stereocenters. The SMILES string of the molecule is C=CC[C@H](C)N(C(=O)O)c1cccc(O[Si](C)(C)C(C)(C)C)c1. The largest absolute Gasteiger partial charge is 0.543 e. The Balaban J connectivity index is 3.12. The van der Waals surface area contributed by atoms with Crippen LogP contribution < -0.4 is 9.33 Å². The first kappa shape index (κ1) is 19.3. The van der Waals surface area contributed by atoms with E-state index in [-0.39, 0.29) is 11.1 Å². The molecule has 0 aromatic heterocycles. The summed E-state index contributed by atoms with van der Waals surface area (Å²) in [4.78, 5) is 13.0. The molecule has 23 heavy (non-hydrogen) atoms. The standard InChI is InChI=1S/C18H29NO3Si/c1-8-10-14(2)19(17(20)21)15-11-9-12-16(13-15)22-23(6,7)18(3,4)5/h8-9,11-14H,1,10H2,2-7H3,(H,20,21)/t14-/m0/s1. The zero-order valence-corrected chi connectivity index (χ0v) is 16.1. The molecule has 1 aromatic rings. The van der Waals surface area contributed by atoms with E-state index in [1.165, 1.54) is 4.90 Å². The van der Waals surface area contributed by atoms with E-state index in [1.807, 2.05) is 25.1 Å². The van der Waals surface area contributed by atoms with Gasteiger partial charge in [-0.25, -0.2) is 4.79 Å². The minimum atomic E-state index is -1.96. The second-order valence-corrected chi connectivity index (χ2v) is 12.1. The molecule has 0 aliphatic heterocycles. The molecule has 4 nitrogen and oxygen atoms in total. The van der Waals surface area contributed by atoms with Gasteiger partial charge in [0.05, 0.1) is 5.69 Å². The molecule has 0 radical (unpaired) electrons. The molecule has 128 valence electrons. The van der Waals surface area contributed by atoms with Gasteiger partial charge in [0.1, 0.15) is 5.75 Å². The van der Waals surface area contributed by atoms with Gasteiger partial charge in [0.15, 0.2) is 0 Å². The molecule has 0 bridgehead atoms. The lowest BCUT2D eigenvalue weighted by Gasteiger charge is -2.36. The summed E-state index contributed by atoms with van der Waals surface area (Å²) in [7, 11) is -1.96. The van der Waals surface area contributed by atoms with Crippen LogP contribution in [0.15, 0.2) is 36.9 Å². The van der Waals surface area contributed by atoms with Crippen molar-refractivity contribution in [1.29, 1.82) is 0 Å². The third-order valence-corrected chi connectivity index (χ3v) is 8.79. The van der Waals surface area contributed by atoms with E-state index >= 15 is 0 Å². The molecule has 0 saturated heterocycles. The average molecular weight is 336 g/mol. The summed E-state index contributed by atoms with van der Waals surface area (Å²) in [5.74, 6) is 0.728. The first-order valence-electron chi connectivity index (χ1n) is 7.91. The van der Waals surface area contributed by atoms with Crippen molar-refractivity contribution in [2.75, 3.05) is 4.90 Å². The number of hydrogen-bond acceptors (Lipinski definition) is 2. The molecule has 0 saturated carbocycles. The lowest BCUT2D eigenvalue weighted by molar-refractivity contribution is 0.199. The smallest absolute Gasteiger partial charge is 0.412 e. The van der Waals surface area contributed by atoms with Crippen LogP contribution in [0, 0.1) is 0 Å². The van der Waals surface area contributed by atoms with Gasteiger partial charge in [-0.05, 0) is 43.6 Å². The van der Waals surface area contributed by atoms with E-state index in [4.69, 9.17) is 4.43 Å². The van der Waals surface area contributed by atoms with E-state index < -0.39 is 14.4 Å². The monoisotopic (exact) mass is 335 g/mol. The fourth-order valence-corrected chi connectivity index (χ4v) is 3.07. The number of hydrogen-bond donors (Lipinski definition) is 1. The van der Waals surface area contributed by atoms with Crippen LogP contribution >= 0.6 is 0 Å². The normalized spacial score (nSPS) is 13.3. The number of amides is 1. The van der Waals surface area contributed by atoms with Crippen LogP contribution in [0.2, 0.25) is 18.1 Å². The molecule has 5 heteroatoms. The zero-order chi connectivity index (χ0) is 17.8. The lowest BCUT2D eigenvalue weighted by Crippen LogP contribution is -2.44. The zero-order valence-electron chi connectivity index (χ0n) is 15.1. The summed E-state index contributed by atoms with van der Waals surface area (Å²) in [6, 6.07) is 7.17. The van der Waals surface area contributed by atoms with Crippen LogP contribution in [0.1, 0.15) is 34.1 Å². The maximum Gasteiger partial charge on any atom is 0.412 e. The van der Waals surface area contributed by atoms with Crippen molar-refractivity contribution in [3.8, 4) is 5.75 Å². The summed E-state index contributed by atoms with van der Waals surface area (Å²) in [6.07, 6.45) is 1.36. The number of carbonyl (C=O) groups is 1. The number of anilines is 1. The van der Waals surface area contributed by atoms with Crippen molar-refractivity contribution in [2.24, 2.45) is 0 Å². The first-order valence-corrected chi connectivity index (χ1v) is 10.8. The summed E-state index contributed by atoms with van der Waals surface area (Å²) in [6.45, 7) is 16.5. The Morgan fingerprint density at radius 2 is 2.04 bits per heavy atom. The Bertz CT molecular complexity index is 564. The Morgan fingerprint density at radius 1 is 1.43 bits per heavy atom. The predicted octanol–water partition coefficient (Wildman–Crippen LogP) is 5.52. The Morgan fingerprint density at radius 3 is 2.52 bits per heavy atom. The van der Waals surface area contributed by atoms with Crippen LogP contribution in [0.5, 0.6) is 5.75 Å². The molecule has 1 N–H and O–H groups in total. The minimum absolute atomic E-state index is 0.0889. The molecule has 1 rings (SSSR count). The minimum Gasteiger partial charge on any atom is -0.543 e. The summed E-state index contributed by atoms with van der Waals surface area (Å²) < 4.78 is 6.28. The van der Waals surface area contributed by atoms with Gasteiger partial charge in [0, 0.05) is 12.1 Å². The Hall–Kier alpha value is -1.75. The van der Waals surface area contributed by atoms with Gasteiger partial charge < -0.3 is 9.53 Å². The second-order valence-electron chi connectivity index (χ2n) is 7.39. The van der Waals surface area contributed by atoms with Gasteiger partial charge in [-0.2, -0.15) is 0 Å². The van der Waals surface area contributed by atoms with Crippen molar-refractivity contribution in [3.05, 3.63) is 36.9 Å². The fraction of sp³-hybridized carbons (Fsp3) is 0.500. The molecule has 1 aromatic carbocycles. The highest BCUT2D eigenvalue weighted by atomic mass is 28.4. The van der Waals surface area contributed by atoms with Gasteiger partial charge in [-0.1, -0.05) is 32.9 Å². The highest BCUT2D eigenvalue weighted by Gasteiger charge is 2.39. The van der Waals surface area contributed by atoms with Crippen molar-refractivity contribution >= 4 is 20.1 Å². The van der Waals surface area contributed by atoms with Gasteiger partial charge in [0.25, 0.3) is 0 Å². The van der Waals surface area contributed by atoms with E-state index in [0.717, 1.165) is 5.75 Å². The van der Waals surface area contributed by atoms with Crippen molar-refractivity contribution < 1.29 is 14.3 Å². The Labute approximate surface area is 140 Å². The molecular weight excluding hydrogens is 306 g/mol. The van der Waals surface area contributed by atoms with Crippen LogP contribution in [0.4, 0.5) is 10.5 Å². The van der Waals surface area contributed by atoms with Crippen LogP contribution in [-0.2, 0) is 0 Å². The van der Waals surface area contributed by atoms with E-state index in [9.17, 15) is 9.90 Å². The molecule has 0 aliphatic rings.